The summed E-state index contributed by atoms with van der Waals surface area (Å²) < 4.78 is 0. The lowest BCUT2D eigenvalue weighted by Gasteiger charge is -2.55. The van der Waals surface area contributed by atoms with Crippen LogP contribution in [-0.2, 0) is 0 Å². The highest BCUT2D eigenvalue weighted by atomic mass is 16.3. The second-order valence-electron chi connectivity index (χ2n) is 13.8. The summed E-state index contributed by atoms with van der Waals surface area (Å²) in [7, 11) is 0. The van der Waals surface area contributed by atoms with Crippen LogP contribution in [0.1, 0.15) is 155 Å². The first-order valence-electron chi connectivity index (χ1n) is 17.6. The SMILES string of the molecule is CCCCCCCCCCCCC(C)C#Cc1ccccc1/C=C1\CCC2C(C)C(O)CC[C@]2(C)C1NCCCC. The van der Waals surface area contributed by atoms with Gasteiger partial charge in [0.2, 0.25) is 0 Å². The molecule has 0 saturated heterocycles. The standard InChI is InChI=1S/C39H63NO/c1-6-8-10-11-12-13-14-15-16-17-20-31(3)23-24-33-21-18-19-22-34(33)30-35-25-26-36-32(4)37(41)27-28-39(36,5)38(35)40-29-9-7-2/h18-19,21-22,30-32,36-38,40-41H,6-17,20,25-29H2,1-5H3/b35-30+/t31?,32?,36?,37?,38?,39-/m0/s1. The second kappa shape index (κ2) is 18.2. The van der Waals surface area contributed by atoms with Gasteiger partial charge in [-0.25, -0.2) is 0 Å². The lowest BCUT2D eigenvalue weighted by molar-refractivity contribution is -0.0587. The van der Waals surface area contributed by atoms with Gasteiger partial charge in [0, 0.05) is 17.5 Å². The van der Waals surface area contributed by atoms with Crippen molar-refractivity contribution in [2.75, 3.05) is 6.54 Å². The zero-order valence-electron chi connectivity index (χ0n) is 27.4. The Morgan fingerprint density at radius 1 is 0.951 bits per heavy atom. The van der Waals surface area contributed by atoms with Gasteiger partial charge in [-0.2, -0.15) is 0 Å². The van der Waals surface area contributed by atoms with Gasteiger partial charge in [0.05, 0.1) is 6.10 Å². The monoisotopic (exact) mass is 561 g/mol. The van der Waals surface area contributed by atoms with Crippen LogP contribution in [0, 0.1) is 35.0 Å². The lowest BCUT2D eigenvalue weighted by atomic mass is 9.53. The summed E-state index contributed by atoms with van der Waals surface area (Å²) in [5.74, 6) is 8.58. The van der Waals surface area contributed by atoms with Gasteiger partial charge in [-0.05, 0) is 74.0 Å². The molecule has 3 rings (SSSR count). The Labute approximate surface area is 254 Å². The van der Waals surface area contributed by atoms with Crippen molar-refractivity contribution in [3.8, 4) is 11.8 Å². The molecule has 0 bridgehead atoms. The number of rotatable bonds is 16. The van der Waals surface area contributed by atoms with Crippen LogP contribution in [0.4, 0.5) is 0 Å². The summed E-state index contributed by atoms with van der Waals surface area (Å²) in [6.45, 7) is 12.7. The quantitative estimate of drug-likeness (QED) is 0.155. The molecule has 6 atom stereocenters. The Bertz CT molecular complexity index is 969. The number of hydrogen-bond donors (Lipinski definition) is 2. The van der Waals surface area contributed by atoms with Crippen molar-refractivity contribution in [1.82, 2.24) is 5.32 Å². The van der Waals surface area contributed by atoms with Gasteiger partial charge in [0.15, 0.2) is 0 Å². The Morgan fingerprint density at radius 2 is 1.61 bits per heavy atom. The summed E-state index contributed by atoms with van der Waals surface area (Å²) in [6, 6.07) is 9.14. The first-order chi connectivity index (χ1) is 19.9. The van der Waals surface area contributed by atoms with Crippen molar-refractivity contribution >= 4 is 6.08 Å². The van der Waals surface area contributed by atoms with Crippen LogP contribution in [0.25, 0.3) is 6.08 Å². The number of benzene rings is 1. The van der Waals surface area contributed by atoms with Gasteiger partial charge in [-0.15, -0.1) is 0 Å². The van der Waals surface area contributed by atoms with E-state index in [-0.39, 0.29) is 11.5 Å². The van der Waals surface area contributed by atoms with Gasteiger partial charge >= 0.3 is 0 Å². The molecule has 1 aromatic carbocycles. The summed E-state index contributed by atoms with van der Waals surface area (Å²) in [6.07, 6.45) is 24.1. The third kappa shape index (κ3) is 10.3. The van der Waals surface area contributed by atoms with E-state index in [2.05, 4.69) is 82.1 Å². The van der Waals surface area contributed by atoms with Crippen LogP contribution in [0.15, 0.2) is 29.8 Å². The molecular formula is C39H63NO. The highest BCUT2D eigenvalue weighted by Gasteiger charge is 2.51. The van der Waals surface area contributed by atoms with Crippen molar-refractivity contribution in [2.24, 2.45) is 23.2 Å². The maximum atomic E-state index is 10.7. The molecule has 0 aliphatic heterocycles. The predicted octanol–water partition coefficient (Wildman–Crippen LogP) is 10.3. The van der Waals surface area contributed by atoms with Crippen LogP contribution in [0.3, 0.4) is 0 Å². The smallest absolute Gasteiger partial charge is 0.0568 e. The number of aliphatic hydroxyl groups is 1. The van der Waals surface area contributed by atoms with E-state index in [0.29, 0.717) is 23.8 Å². The average molecular weight is 562 g/mol. The van der Waals surface area contributed by atoms with Crippen LogP contribution in [-0.4, -0.2) is 23.8 Å². The largest absolute Gasteiger partial charge is 0.393 e. The number of hydrogen-bond acceptors (Lipinski definition) is 2. The third-order valence-electron chi connectivity index (χ3n) is 10.5. The molecule has 41 heavy (non-hydrogen) atoms. The molecule has 0 radical (unpaired) electrons. The minimum Gasteiger partial charge on any atom is -0.393 e. The highest BCUT2D eigenvalue weighted by Crippen LogP contribution is 2.54. The molecule has 230 valence electrons. The Kier molecular flexibility index (Phi) is 15.0. The van der Waals surface area contributed by atoms with E-state index in [9.17, 15) is 5.11 Å². The number of nitrogens with one attached hydrogen (secondary N) is 1. The van der Waals surface area contributed by atoms with Crippen LogP contribution in [0.2, 0.25) is 0 Å². The number of fused-ring (bicyclic) bond motifs is 1. The number of unbranched alkanes of at least 4 members (excludes halogenated alkanes) is 10. The molecule has 2 saturated carbocycles. The Morgan fingerprint density at radius 3 is 2.32 bits per heavy atom. The zero-order valence-corrected chi connectivity index (χ0v) is 27.4. The second-order valence-corrected chi connectivity index (χ2v) is 13.8. The fraction of sp³-hybridized carbons (Fsp3) is 0.744. The summed E-state index contributed by atoms with van der Waals surface area (Å²) in [5, 5.41) is 14.7. The fourth-order valence-electron chi connectivity index (χ4n) is 7.71. The van der Waals surface area contributed by atoms with Crippen molar-refractivity contribution in [1.29, 1.82) is 0 Å². The fourth-order valence-corrected chi connectivity index (χ4v) is 7.71. The van der Waals surface area contributed by atoms with Crippen molar-refractivity contribution in [3.05, 3.63) is 41.0 Å². The van der Waals surface area contributed by atoms with E-state index < -0.39 is 0 Å². The summed E-state index contributed by atoms with van der Waals surface area (Å²) >= 11 is 0. The molecule has 2 N–H and O–H groups in total. The van der Waals surface area contributed by atoms with E-state index in [1.807, 2.05) is 0 Å². The minimum atomic E-state index is -0.145. The molecule has 2 nitrogen and oxygen atoms in total. The van der Waals surface area contributed by atoms with Gasteiger partial charge in [-0.1, -0.05) is 147 Å². The molecule has 2 heteroatoms. The first-order valence-corrected chi connectivity index (χ1v) is 17.6. The molecule has 0 amide bonds. The molecule has 2 aliphatic carbocycles. The van der Waals surface area contributed by atoms with Gasteiger partial charge < -0.3 is 10.4 Å². The van der Waals surface area contributed by atoms with E-state index in [0.717, 1.165) is 25.8 Å². The van der Waals surface area contributed by atoms with Crippen molar-refractivity contribution in [3.63, 3.8) is 0 Å². The maximum absolute atomic E-state index is 10.7. The predicted molar refractivity (Wildman–Crippen MR) is 179 cm³/mol. The van der Waals surface area contributed by atoms with Gasteiger partial charge in [0.1, 0.15) is 0 Å². The molecular weight excluding hydrogens is 498 g/mol. The minimum absolute atomic E-state index is 0.145. The van der Waals surface area contributed by atoms with Crippen molar-refractivity contribution in [2.45, 2.75) is 156 Å². The van der Waals surface area contributed by atoms with E-state index >= 15 is 0 Å². The lowest BCUT2D eigenvalue weighted by Crippen LogP contribution is -2.57. The normalized spacial score (nSPS) is 27.7. The Hall–Kier alpha value is -1.56. The van der Waals surface area contributed by atoms with Crippen LogP contribution < -0.4 is 5.32 Å². The third-order valence-corrected chi connectivity index (χ3v) is 10.5. The number of aliphatic hydroxyl groups excluding tert-OH is 1. The van der Waals surface area contributed by atoms with E-state index in [4.69, 9.17) is 0 Å². The van der Waals surface area contributed by atoms with Crippen LogP contribution in [0.5, 0.6) is 0 Å². The molecule has 5 unspecified atom stereocenters. The average Bonchev–Trinajstić information content (AvgIpc) is 2.97. The zero-order chi connectivity index (χ0) is 29.5. The maximum Gasteiger partial charge on any atom is 0.0568 e. The molecule has 0 spiro atoms. The first kappa shape index (κ1) is 33.9. The summed E-state index contributed by atoms with van der Waals surface area (Å²) in [5.41, 5.74) is 4.17. The molecule has 1 aromatic rings. The molecule has 2 aliphatic rings. The molecule has 0 heterocycles. The molecule has 0 aromatic heterocycles. The molecule has 2 fully saturated rings. The van der Waals surface area contributed by atoms with E-state index in [1.165, 1.54) is 107 Å². The van der Waals surface area contributed by atoms with Gasteiger partial charge in [-0.3, -0.25) is 0 Å². The van der Waals surface area contributed by atoms with Crippen molar-refractivity contribution < 1.29 is 5.11 Å². The Balaban J connectivity index is 1.61. The van der Waals surface area contributed by atoms with Crippen LogP contribution >= 0.6 is 0 Å². The summed E-state index contributed by atoms with van der Waals surface area (Å²) in [4.78, 5) is 0. The topological polar surface area (TPSA) is 32.3 Å². The van der Waals surface area contributed by atoms with E-state index in [1.54, 1.807) is 0 Å². The van der Waals surface area contributed by atoms with Gasteiger partial charge in [0.25, 0.3) is 0 Å². The highest BCUT2D eigenvalue weighted by molar-refractivity contribution is 5.62.